The Morgan fingerprint density at radius 2 is 2.25 bits per heavy atom. The molecule has 1 aromatic carbocycles. The normalized spacial score (nSPS) is 12.4. The van der Waals surface area contributed by atoms with Crippen molar-refractivity contribution in [2.75, 3.05) is 14.2 Å². The van der Waals surface area contributed by atoms with E-state index in [1.54, 1.807) is 22.9 Å². The average Bonchev–Trinajstić information content (AvgIpc) is 2.91. The topological polar surface area (TPSA) is 39.1 Å². The van der Waals surface area contributed by atoms with Gasteiger partial charge in [-0.05, 0) is 19.5 Å². The number of nitrogens with zero attached hydrogens (tertiary/aromatic N) is 2. The maximum absolute atomic E-state index is 14.1. The second-order valence-corrected chi connectivity index (χ2v) is 4.65. The van der Waals surface area contributed by atoms with Crippen LogP contribution in [0.15, 0.2) is 30.6 Å². The third kappa shape index (κ3) is 2.99. The molecule has 1 aromatic heterocycles. The minimum atomic E-state index is -0.326. The molecule has 0 aliphatic carbocycles. The molecule has 0 aliphatic rings. The van der Waals surface area contributed by atoms with Gasteiger partial charge >= 0.3 is 0 Å². The van der Waals surface area contributed by atoms with Gasteiger partial charge in [0.15, 0.2) is 11.6 Å². The van der Waals surface area contributed by atoms with Crippen LogP contribution in [0.3, 0.4) is 0 Å². The first-order valence-corrected chi connectivity index (χ1v) is 6.70. The number of rotatable bonds is 6. The van der Waals surface area contributed by atoms with Crippen molar-refractivity contribution >= 4 is 0 Å². The summed E-state index contributed by atoms with van der Waals surface area (Å²) in [6.45, 7) is 2.50. The third-order valence-electron chi connectivity index (χ3n) is 3.41. The van der Waals surface area contributed by atoms with Crippen molar-refractivity contribution in [1.82, 2.24) is 15.1 Å². The monoisotopic (exact) mass is 277 g/mol. The molecule has 20 heavy (non-hydrogen) atoms. The molecule has 0 aliphatic heterocycles. The molecule has 2 aromatic rings. The minimum absolute atomic E-state index is 0.261. The Labute approximate surface area is 118 Å². The summed E-state index contributed by atoms with van der Waals surface area (Å²) in [6.07, 6.45) is 4.75. The highest BCUT2D eigenvalue weighted by atomic mass is 19.1. The van der Waals surface area contributed by atoms with Crippen LogP contribution in [-0.4, -0.2) is 23.9 Å². The number of ether oxygens (including phenoxy) is 1. The smallest absolute Gasteiger partial charge is 0.170 e. The van der Waals surface area contributed by atoms with Gasteiger partial charge < -0.3 is 10.1 Å². The van der Waals surface area contributed by atoms with Crippen LogP contribution >= 0.6 is 0 Å². The summed E-state index contributed by atoms with van der Waals surface area (Å²) in [7, 11) is 3.39. The molecule has 0 saturated carbocycles. The van der Waals surface area contributed by atoms with E-state index in [4.69, 9.17) is 4.74 Å². The summed E-state index contributed by atoms with van der Waals surface area (Å²) in [5.41, 5.74) is 1.68. The first kappa shape index (κ1) is 14.5. The predicted molar refractivity (Wildman–Crippen MR) is 76.4 cm³/mol. The van der Waals surface area contributed by atoms with E-state index in [0.29, 0.717) is 12.1 Å². The number of benzene rings is 1. The van der Waals surface area contributed by atoms with E-state index in [1.807, 2.05) is 19.4 Å². The second-order valence-electron chi connectivity index (χ2n) is 4.65. The van der Waals surface area contributed by atoms with E-state index in [-0.39, 0.29) is 17.6 Å². The van der Waals surface area contributed by atoms with Gasteiger partial charge in [-0.25, -0.2) is 4.39 Å². The van der Waals surface area contributed by atoms with Crippen molar-refractivity contribution < 1.29 is 9.13 Å². The average molecular weight is 277 g/mol. The van der Waals surface area contributed by atoms with Crippen LogP contribution in [0.25, 0.3) is 0 Å². The Morgan fingerprint density at radius 1 is 1.45 bits per heavy atom. The molecule has 0 fully saturated rings. The quantitative estimate of drug-likeness (QED) is 0.882. The number of aromatic nitrogens is 2. The van der Waals surface area contributed by atoms with E-state index < -0.39 is 0 Å². The lowest BCUT2D eigenvalue weighted by Gasteiger charge is -2.10. The summed E-state index contributed by atoms with van der Waals surface area (Å²) in [4.78, 5) is 0. The van der Waals surface area contributed by atoms with Crippen LogP contribution < -0.4 is 10.1 Å². The van der Waals surface area contributed by atoms with Gasteiger partial charge in [-0.2, -0.15) is 5.10 Å². The summed E-state index contributed by atoms with van der Waals surface area (Å²) in [5, 5.41) is 7.52. The first-order chi connectivity index (χ1) is 9.69. The lowest BCUT2D eigenvalue weighted by atomic mass is 10.1. The van der Waals surface area contributed by atoms with Crippen LogP contribution in [0.5, 0.6) is 5.75 Å². The molecule has 0 amide bonds. The lowest BCUT2D eigenvalue weighted by molar-refractivity contribution is 0.383. The largest absolute Gasteiger partial charge is 0.494 e. The van der Waals surface area contributed by atoms with E-state index >= 15 is 0 Å². The maximum atomic E-state index is 14.1. The van der Waals surface area contributed by atoms with E-state index in [9.17, 15) is 4.39 Å². The van der Waals surface area contributed by atoms with Gasteiger partial charge in [0.05, 0.1) is 19.9 Å². The molecule has 1 atom stereocenters. The van der Waals surface area contributed by atoms with Crippen molar-refractivity contribution in [3.8, 4) is 5.75 Å². The minimum Gasteiger partial charge on any atom is -0.494 e. The van der Waals surface area contributed by atoms with Crippen LogP contribution in [0, 0.1) is 5.82 Å². The molecular formula is C15H20FN3O. The standard InChI is InChI=1S/C15H20FN3O/c1-4-13(17-2)12-8-18-19(10-12)9-11-6-5-7-14(20-3)15(11)16/h5-8,10,13,17H,4,9H2,1-3H3. The summed E-state index contributed by atoms with van der Waals surface area (Å²) in [6, 6.07) is 5.42. The number of halogens is 1. The molecule has 1 unspecified atom stereocenters. The number of hydrogen-bond acceptors (Lipinski definition) is 3. The third-order valence-corrected chi connectivity index (χ3v) is 3.41. The molecule has 4 nitrogen and oxygen atoms in total. The van der Waals surface area contributed by atoms with Crippen LogP contribution in [-0.2, 0) is 6.54 Å². The highest BCUT2D eigenvalue weighted by Crippen LogP contribution is 2.21. The lowest BCUT2D eigenvalue weighted by Crippen LogP contribution is -2.14. The van der Waals surface area contributed by atoms with Gasteiger partial charge in [-0.3, -0.25) is 4.68 Å². The van der Waals surface area contributed by atoms with Gasteiger partial charge in [0.1, 0.15) is 0 Å². The van der Waals surface area contributed by atoms with E-state index in [2.05, 4.69) is 17.3 Å². The molecule has 2 rings (SSSR count). The van der Waals surface area contributed by atoms with E-state index in [0.717, 1.165) is 12.0 Å². The molecule has 0 spiro atoms. The molecular weight excluding hydrogens is 257 g/mol. The molecule has 108 valence electrons. The number of nitrogens with one attached hydrogen (secondary N) is 1. The molecule has 1 N–H and O–H groups in total. The SMILES string of the molecule is CCC(NC)c1cnn(Cc2cccc(OC)c2F)c1. The summed E-state index contributed by atoms with van der Waals surface area (Å²) < 4.78 is 20.8. The fraction of sp³-hybridized carbons (Fsp3) is 0.400. The van der Waals surface area contributed by atoms with Gasteiger partial charge in [-0.15, -0.1) is 0 Å². The fourth-order valence-electron chi connectivity index (χ4n) is 2.26. The molecule has 0 bridgehead atoms. The second kappa shape index (κ2) is 6.52. The molecule has 0 radical (unpaired) electrons. The fourth-order valence-corrected chi connectivity index (χ4v) is 2.26. The molecule has 0 saturated heterocycles. The molecule has 1 heterocycles. The number of methoxy groups -OCH3 is 1. The Kier molecular flexibility index (Phi) is 4.74. The van der Waals surface area contributed by atoms with Gasteiger partial charge in [-0.1, -0.05) is 19.1 Å². The van der Waals surface area contributed by atoms with Crippen molar-refractivity contribution in [3.05, 3.63) is 47.5 Å². The summed E-state index contributed by atoms with van der Waals surface area (Å²) >= 11 is 0. The highest BCUT2D eigenvalue weighted by Gasteiger charge is 2.12. The first-order valence-electron chi connectivity index (χ1n) is 6.70. The van der Waals surface area contributed by atoms with Crippen molar-refractivity contribution in [1.29, 1.82) is 0 Å². The van der Waals surface area contributed by atoms with Crippen LogP contribution in [0.2, 0.25) is 0 Å². The Morgan fingerprint density at radius 3 is 2.90 bits per heavy atom. The molecule has 5 heteroatoms. The zero-order chi connectivity index (χ0) is 14.5. The number of hydrogen-bond donors (Lipinski definition) is 1. The van der Waals surface area contributed by atoms with Crippen molar-refractivity contribution in [3.63, 3.8) is 0 Å². The van der Waals surface area contributed by atoms with Crippen LogP contribution in [0.1, 0.15) is 30.5 Å². The van der Waals surface area contributed by atoms with Gasteiger partial charge in [0.25, 0.3) is 0 Å². The zero-order valence-corrected chi connectivity index (χ0v) is 12.1. The summed E-state index contributed by atoms with van der Waals surface area (Å²) in [5.74, 6) is -0.0655. The van der Waals surface area contributed by atoms with Crippen molar-refractivity contribution in [2.24, 2.45) is 0 Å². The zero-order valence-electron chi connectivity index (χ0n) is 12.1. The maximum Gasteiger partial charge on any atom is 0.170 e. The highest BCUT2D eigenvalue weighted by molar-refractivity contribution is 5.31. The predicted octanol–water partition coefficient (Wildman–Crippen LogP) is 2.75. The van der Waals surface area contributed by atoms with Gasteiger partial charge in [0.2, 0.25) is 0 Å². The van der Waals surface area contributed by atoms with E-state index in [1.165, 1.54) is 7.11 Å². The van der Waals surface area contributed by atoms with Crippen LogP contribution in [0.4, 0.5) is 4.39 Å². The van der Waals surface area contributed by atoms with Gasteiger partial charge in [0, 0.05) is 23.4 Å². The Hall–Kier alpha value is -1.88. The Bertz CT molecular complexity index is 564. The Balaban J connectivity index is 2.19. The van der Waals surface area contributed by atoms with Crippen molar-refractivity contribution in [2.45, 2.75) is 25.9 Å².